The molecule has 1 aromatic carbocycles. The van der Waals surface area contributed by atoms with Crippen molar-refractivity contribution in [3.05, 3.63) is 43.8 Å². The van der Waals surface area contributed by atoms with Gasteiger partial charge in [-0.15, -0.1) is 11.3 Å². The SMILES string of the molecule is CCNCc1nc(COc2ccc(Cl)cc2Br)cs1. The van der Waals surface area contributed by atoms with E-state index in [4.69, 9.17) is 16.3 Å². The number of nitrogens with one attached hydrogen (secondary N) is 1. The van der Waals surface area contributed by atoms with Gasteiger partial charge in [0.15, 0.2) is 0 Å². The van der Waals surface area contributed by atoms with Gasteiger partial charge in [-0.2, -0.15) is 0 Å². The molecule has 2 rings (SSSR count). The lowest BCUT2D eigenvalue weighted by molar-refractivity contribution is 0.300. The molecule has 0 atom stereocenters. The lowest BCUT2D eigenvalue weighted by Crippen LogP contribution is -2.11. The van der Waals surface area contributed by atoms with Gasteiger partial charge in [-0.3, -0.25) is 0 Å². The molecular formula is C13H14BrClN2OS. The van der Waals surface area contributed by atoms with E-state index < -0.39 is 0 Å². The first-order chi connectivity index (χ1) is 9.19. The van der Waals surface area contributed by atoms with E-state index in [-0.39, 0.29) is 0 Å². The number of ether oxygens (including phenoxy) is 1. The first-order valence-corrected chi connectivity index (χ1v) is 7.96. The third-order valence-corrected chi connectivity index (χ3v) is 4.15. The Labute approximate surface area is 130 Å². The Balaban J connectivity index is 1.92. The van der Waals surface area contributed by atoms with Crippen molar-refractivity contribution in [1.82, 2.24) is 10.3 Å². The number of benzene rings is 1. The largest absolute Gasteiger partial charge is 0.486 e. The van der Waals surface area contributed by atoms with Gasteiger partial charge < -0.3 is 10.1 Å². The zero-order valence-corrected chi connectivity index (χ0v) is 13.6. The second-order valence-electron chi connectivity index (χ2n) is 3.88. The zero-order valence-electron chi connectivity index (χ0n) is 10.5. The molecular weight excluding hydrogens is 348 g/mol. The van der Waals surface area contributed by atoms with Crippen LogP contribution in [0.3, 0.4) is 0 Å². The van der Waals surface area contributed by atoms with Crippen LogP contribution >= 0.6 is 38.9 Å². The van der Waals surface area contributed by atoms with Crippen LogP contribution in [0, 0.1) is 0 Å². The Morgan fingerprint density at radius 3 is 3.05 bits per heavy atom. The summed E-state index contributed by atoms with van der Waals surface area (Å²) in [6.45, 7) is 4.30. The predicted octanol–water partition coefficient (Wildman–Crippen LogP) is 4.25. The van der Waals surface area contributed by atoms with Crippen molar-refractivity contribution in [2.24, 2.45) is 0 Å². The summed E-state index contributed by atoms with van der Waals surface area (Å²) in [6, 6.07) is 5.46. The molecule has 0 fully saturated rings. The summed E-state index contributed by atoms with van der Waals surface area (Å²) in [6.07, 6.45) is 0. The van der Waals surface area contributed by atoms with Crippen molar-refractivity contribution >= 4 is 38.9 Å². The van der Waals surface area contributed by atoms with Crippen molar-refractivity contribution in [3.8, 4) is 5.75 Å². The highest BCUT2D eigenvalue weighted by Crippen LogP contribution is 2.28. The highest BCUT2D eigenvalue weighted by molar-refractivity contribution is 9.10. The van der Waals surface area contributed by atoms with Crippen LogP contribution in [-0.4, -0.2) is 11.5 Å². The van der Waals surface area contributed by atoms with Crippen LogP contribution in [0.4, 0.5) is 0 Å². The van der Waals surface area contributed by atoms with Crippen LogP contribution in [-0.2, 0) is 13.2 Å². The maximum atomic E-state index is 5.88. The standard InChI is InChI=1S/C13H14BrClN2OS/c1-2-16-6-13-17-10(8-19-13)7-18-12-4-3-9(15)5-11(12)14/h3-5,8,16H,2,6-7H2,1H3. The van der Waals surface area contributed by atoms with Crippen LogP contribution in [0.15, 0.2) is 28.1 Å². The van der Waals surface area contributed by atoms with Gasteiger partial charge in [-0.1, -0.05) is 18.5 Å². The monoisotopic (exact) mass is 360 g/mol. The minimum absolute atomic E-state index is 0.461. The predicted molar refractivity (Wildman–Crippen MR) is 83.0 cm³/mol. The van der Waals surface area contributed by atoms with Gasteiger partial charge >= 0.3 is 0 Å². The van der Waals surface area contributed by atoms with Crippen LogP contribution in [0.25, 0.3) is 0 Å². The van der Waals surface area contributed by atoms with Gasteiger partial charge in [0.2, 0.25) is 0 Å². The van der Waals surface area contributed by atoms with E-state index in [1.54, 1.807) is 17.4 Å². The Morgan fingerprint density at radius 1 is 1.47 bits per heavy atom. The topological polar surface area (TPSA) is 34.2 Å². The summed E-state index contributed by atoms with van der Waals surface area (Å²) in [5.74, 6) is 0.769. The quantitative estimate of drug-likeness (QED) is 0.835. The average Bonchev–Trinajstić information content (AvgIpc) is 2.83. The summed E-state index contributed by atoms with van der Waals surface area (Å²) in [7, 11) is 0. The number of thiazole rings is 1. The Morgan fingerprint density at radius 2 is 2.32 bits per heavy atom. The highest BCUT2D eigenvalue weighted by atomic mass is 79.9. The lowest BCUT2D eigenvalue weighted by Gasteiger charge is -2.06. The van der Waals surface area contributed by atoms with Crippen molar-refractivity contribution in [2.45, 2.75) is 20.1 Å². The molecule has 6 heteroatoms. The first kappa shape index (κ1) is 14.8. The molecule has 0 spiro atoms. The molecule has 0 aliphatic heterocycles. The summed E-state index contributed by atoms with van der Waals surface area (Å²) in [5.41, 5.74) is 0.944. The van der Waals surface area contributed by atoms with Crippen LogP contribution in [0.5, 0.6) is 5.75 Å². The second kappa shape index (κ2) is 7.24. The number of hydrogen-bond donors (Lipinski definition) is 1. The second-order valence-corrected chi connectivity index (χ2v) is 6.11. The van der Waals surface area contributed by atoms with Gasteiger partial charge in [0.25, 0.3) is 0 Å². The fourth-order valence-corrected chi connectivity index (χ4v) is 3.02. The molecule has 1 aromatic heterocycles. The zero-order chi connectivity index (χ0) is 13.7. The summed E-state index contributed by atoms with van der Waals surface area (Å²) >= 11 is 11.0. The van der Waals surface area contributed by atoms with Crippen LogP contribution in [0.1, 0.15) is 17.6 Å². The minimum Gasteiger partial charge on any atom is -0.486 e. The normalized spacial score (nSPS) is 10.7. The Hall–Kier alpha value is -0.620. The Bertz CT molecular complexity index is 547. The first-order valence-electron chi connectivity index (χ1n) is 5.91. The number of aromatic nitrogens is 1. The van der Waals surface area contributed by atoms with Gasteiger partial charge in [0, 0.05) is 16.9 Å². The summed E-state index contributed by atoms with van der Waals surface area (Å²) < 4.78 is 6.56. The Kier molecular flexibility index (Phi) is 5.63. The van der Waals surface area contributed by atoms with Gasteiger partial charge in [0.05, 0.1) is 10.2 Å². The fourth-order valence-electron chi connectivity index (χ4n) is 1.47. The molecule has 3 nitrogen and oxygen atoms in total. The number of hydrogen-bond acceptors (Lipinski definition) is 4. The van der Waals surface area contributed by atoms with Crippen LogP contribution in [0.2, 0.25) is 5.02 Å². The molecule has 19 heavy (non-hydrogen) atoms. The molecule has 0 saturated carbocycles. The van der Waals surface area contributed by atoms with E-state index in [2.05, 4.69) is 33.2 Å². The maximum Gasteiger partial charge on any atom is 0.134 e. The van der Waals surface area contributed by atoms with E-state index in [9.17, 15) is 0 Å². The highest BCUT2D eigenvalue weighted by Gasteiger charge is 2.05. The molecule has 102 valence electrons. The molecule has 0 amide bonds. The maximum absolute atomic E-state index is 5.88. The smallest absolute Gasteiger partial charge is 0.134 e. The van der Waals surface area contributed by atoms with E-state index in [0.29, 0.717) is 11.6 Å². The van der Waals surface area contributed by atoms with E-state index in [1.165, 1.54) is 0 Å². The van der Waals surface area contributed by atoms with E-state index >= 15 is 0 Å². The molecule has 0 aliphatic rings. The number of halogens is 2. The molecule has 0 unspecified atom stereocenters. The summed E-state index contributed by atoms with van der Waals surface area (Å²) in [5, 5.41) is 7.04. The molecule has 1 heterocycles. The fraction of sp³-hybridized carbons (Fsp3) is 0.308. The molecule has 0 bridgehead atoms. The van der Waals surface area contributed by atoms with Crippen molar-refractivity contribution in [1.29, 1.82) is 0 Å². The number of rotatable bonds is 6. The van der Waals surface area contributed by atoms with Crippen LogP contribution < -0.4 is 10.1 Å². The molecule has 0 aliphatic carbocycles. The molecule has 1 N–H and O–H groups in total. The molecule has 2 aromatic rings. The third kappa shape index (κ3) is 4.45. The number of nitrogens with zero attached hydrogens (tertiary/aromatic N) is 1. The third-order valence-electron chi connectivity index (χ3n) is 2.40. The summed E-state index contributed by atoms with van der Waals surface area (Å²) in [4.78, 5) is 4.50. The van der Waals surface area contributed by atoms with Crippen molar-refractivity contribution < 1.29 is 4.74 Å². The van der Waals surface area contributed by atoms with Gasteiger partial charge in [-0.05, 0) is 40.7 Å². The average molecular weight is 362 g/mol. The van der Waals surface area contributed by atoms with Gasteiger partial charge in [-0.25, -0.2) is 4.98 Å². The van der Waals surface area contributed by atoms with Crippen molar-refractivity contribution in [3.63, 3.8) is 0 Å². The van der Waals surface area contributed by atoms with E-state index in [1.807, 2.05) is 17.5 Å². The van der Waals surface area contributed by atoms with Gasteiger partial charge in [0.1, 0.15) is 17.4 Å². The molecule has 0 saturated heterocycles. The lowest BCUT2D eigenvalue weighted by atomic mass is 10.3. The van der Waals surface area contributed by atoms with E-state index in [0.717, 1.165) is 34.0 Å². The minimum atomic E-state index is 0.461. The molecule has 0 radical (unpaired) electrons. The van der Waals surface area contributed by atoms with Crippen molar-refractivity contribution in [2.75, 3.05) is 6.54 Å².